The Morgan fingerprint density at radius 1 is 1.24 bits per heavy atom. The molecule has 0 N–H and O–H groups in total. The second-order valence-electron chi connectivity index (χ2n) is 6.53. The fourth-order valence-corrected chi connectivity index (χ4v) is 7.53. The van der Waals surface area contributed by atoms with Crippen molar-refractivity contribution in [3.05, 3.63) is 29.8 Å². The average molecular weight is 387 g/mol. The summed E-state index contributed by atoms with van der Waals surface area (Å²) in [4.78, 5) is 14.2. The van der Waals surface area contributed by atoms with Crippen LogP contribution in [0.3, 0.4) is 0 Å². The van der Waals surface area contributed by atoms with Crippen molar-refractivity contribution in [3.8, 4) is 0 Å². The Hall–Kier alpha value is -1.45. The molecule has 1 amide bonds. The third-order valence-corrected chi connectivity index (χ3v) is 8.78. The van der Waals surface area contributed by atoms with Crippen LogP contribution in [-0.2, 0) is 24.4 Å². The molecule has 0 saturated carbocycles. The maximum atomic E-state index is 12.6. The van der Waals surface area contributed by atoms with Gasteiger partial charge in [0.1, 0.15) is 0 Å². The van der Waals surface area contributed by atoms with Gasteiger partial charge in [0.2, 0.25) is 0 Å². The van der Waals surface area contributed by atoms with Crippen LogP contribution in [0, 0.1) is 0 Å². The summed E-state index contributed by atoms with van der Waals surface area (Å²) in [5, 5.41) is -0.904. The van der Waals surface area contributed by atoms with Crippen LogP contribution < -0.4 is 0 Å². The average Bonchev–Trinajstić information content (AvgIpc) is 2.95. The molecule has 0 spiro atoms. The van der Waals surface area contributed by atoms with Crippen LogP contribution in [-0.4, -0.2) is 70.2 Å². The van der Waals surface area contributed by atoms with Gasteiger partial charge in [0, 0.05) is 18.7 Å². The lowest BCUT2D eigenvalue weighted by Crippen LogP contribution is -2.44. The highest BCUT2D eigenvalue weighted by Crippen LogP contribution is 2.25. The number of carbonyl (C=O) groups excluding carboxylic acids is 1. The van der Waals surface area contributed by atoms with E-state index in [0.29, 0.717) is 25.3 Å². The zero-order valence-corrected chi connectivity index (χ0v) is 15.6. The standard InChI is InChI=1S/C16H21NO6S2/c1-12-10-17(7-8-23-12)16(18)13-2-4-14(5-3-13)25(21,22)15-6-9-24(19,20)11-15/h2-5,12,15H,6-11H2,1H3. The molecule has 2 aliphatic heterocycles. The maximum absolute atomic E-state index is 12.6. The Morgan fingerprint density at radius 2 is 1.92 bits per heavy atom. The predicted molar refractivity (Wildman–Crippen MR) is 92.0 cm³/mol. The van der Waals surface area contributed by atoms with E-state index in [-0.39, 0.29) is 34.8 Å². The lowest BCUT2D eigenvalue weighted by atomic mass is 10.2. The second kappa shape index (κ2) is 6.69. The van der Waals surface area contributed by atoms with E-state index in [4.69, 9.17) is 4.74 Å². The summed E-state index contributed by atoms with van der Waals surface area (Å²) in [5.74, 6) is -0.591. The zero-order valence-electron chi connectivity index (χ0n) is 13.9. The van der Waals surface area contributed by atoms with E-state index in [1.165, 1.54) is 24.3 Å². The first kappa shape index (κ1) is 18.3. The predicted octanol–water partition coefficient (Wildman–Crippen LogP) is 0.508. The summed E-state index contributed by atoms with van der Waals surface area (Å²) in [5.41, 5.74) is 0.409. The summed E-state index contributed by atoms with van der Waals surface area (Å²) < 4.78 is 53.6. The molecular formula is C16H21NO6S2. The molecule has 3 rings (SSSR count). The highest BCUT2D eigenvalue weighted by molar-refractivity contribution is 7.96. The molecule has 2 unspecified atom stereocenters. The van der Waals surface area contributed by atoms with Gasteiger partial charge in [-0.05, 0) is 37.6 Å². The van der Waals surface area contributed by atoms with Gasteiger partial charge in [0.05, 0.1) is 34.4 Å². The summed E-state index contributed by atoms with van der Waals surface area (Å²) in [6.45, 7) is 3.38. The van der Waals surface area contributed by atoms with E-state index in [1.807, 2.05) is 6.92 Å². The Morgan fingerprint density at radius 3 is 2.48 bits per heavy atom. The Kier molecular flexibility index (Phi) is 4.91. The van der Waals surface area contributed by atoms with E-state index in [2.05, 4.69) is 0 Å². The van der Waals surface area contributed by atoms with Crippen LogP contribution in [0.25, 0.3) is 0 Å². The van der Waals surface area contributed by atoms with Gasteiger partial charge in [-0.25, -0.2) is 16.8 Å². The van der Waals surface area contributed by atoms with Gasteiger partial charge in [-0.1, -0.05) is 0 Å². The van der Waals surface area contributed by atoms with Crippen LogP contribution in [0.5, 0.6) is 0 Å². The van der Waals surface area contributed by atoms with Crippen molar-refractivity contribution in [2.75, 3.05) is 31.2 Å². The largest absolute Gasteiger partial charge is 0.375 e. The van der Waals surface area contributed by atoms with Gasteiger partial charge in [-0.15, -0.1) is 0 Å². The Bertz CT molecular complexity index is 860. The third-order valence-electron chi connectivity index (χ3n) is 4.59. The minimum Gasteiger partial charge on any atom is -0.375 e. The molecule has 1 aromatic rings. The fourth-order valence-electron chi connectivity index (χ4n) is 3.17. The smallest absolute Gasteiger partial charge is 0.254 e. The summed E-state index contributed by atoms with van der Waals surface area (Å²) >= 11 is 0. The molecule has 2 atom stereocenters. The molecule has 2 aliphatic rings. The SMILES string of the molecule is CC1CN(C(=O)c2ccc(S(=O)(=O)C3CCS(=O)(=O)C3)cc2)CCO1. The number of hydrogen-bond donors (Lipinski definition) is 0. The third kappa shape index (κ3) is 3.88. The molecular weight excluding hydrogens is 366 g/mol. The normalized spacial score (nSPS) is 26.5. The van der Waals surface area contributed by atoms with Crippen LogP contribution >= 0.6 is 0 Å². The maximum Gasteiger partial charge on any atom is 0.254 e. The molecule has 0 aliphatic carbocycles. The Balaban J connectivity index is 1.77. The van der Waals surface area contributed by atoms with Crippen molar-refractivity contribution in [1.82, 2.24) is 4.90 Å². The van der Waals surface area contributed by atoms with Crippen molar-refractivity contribution in [1.29, 1.82) is 0 Å². The number of sulfone groups is 2. The number of amides is 1. The van der Waals surface area contributed by atoms with Crippen molar-refractivity contribution in [3.63, 3.8) is 0 Å². The fraction of sp³-hybridized carbons (Fsp3) is 0.562. The van der Waals surface area contributed by atoms with Gasteiger partial charge in [0.25, 0.3) is 5.91 Å². The second-order valence-corrected chi connectivity index (χ2v) is 11.0. The molecule has 2 heterocycles. The number of morpholine rings is 1. The molecule has 138 valence electrons. The minimum atomic E-state index is -3.71. The minimum absolute atomic E-state index is 0.0262. The van der Waals surface area contributed by atoms with Crippen molar-refractivity contribution < 1.29 is 26.4 Å². The quantitative estimate of drug-likeness (QED) is 0.749. The van der Waals surface area contributed by atoms with Crippen molar-refractivity contribution >= 4 is 25.6 Å². The van der Waals surface area contributed by atoms with Crippen LogP contribution in [0.1, 0.15) is 23.7 Å². The van der Waals surface area contributed by atoms with Crippen LogP contribution in [0.2, 0.25) is 0 Å². The van der Waals surface area contributed by atoms with E-state index in [9.17, 15) is 21.6 Å². The topological polar surface area (TPSA) is 97.8 Å². The summed E-state index contributed by atoms with van der Waals surface area (Å²) in [6.07, 6.45) is 0.0958. The first-order valence-corrected chi connectivity index (χ1v) is 11.5. The number of nitrogens with zero attached hydrogens (tertiary/aromatic N) is 1. The van der Waals surface area contributed by atoms with E-state index < -0.39 is 24.9 Å². The van der Waals surface area contributed by atoms with E-state index in [0.717, 1.165) is 0 Å². The van der Waals surface area contributed by atoms with Crippen LogP contribution in [0.4, 0.5) is 0 Å². The number of benzene rings is 1. The van der Waals surface area contributed by atoms with Gasteiger partial charge in [-0.2, -0.15) is 0 Å². The molecule has 2 saturated heterocycles. The molecule has 25 heavy (non-hydrogen) atoms. The lowest BCUT2D eigenvalue weighted by Gasteiger charge is -2.31. The van der Waals surface area contributed by atoms with E-state index in [1.54, 1.807) is 4.90 Å². The monoisotopic (exact) mass is 387 g/mol. The molecule has 1 aromatic carbocycles. The number of carbonyl (C=O) groups is 1. The summed E-state index contributed by atoms with van der Waals surface area (Å²) in [6, 6.07) is 5.74. The molecule has 2 fully saturated rings. The zero-order chi connectivity index (χ0) is 18.2. The van der Waals surface area contributed by atoms with Gasteiger partial charge >= 0.3 is 0 Å². The number of ether oxygens (including phenoxy) is 1. The molecule has 0 bridgehead atoms. The first-order valence-electron chi connectivity index (χ1n) is 8.14. The van der Waals surface area contributed by atoms with Gasteiger partial charge in [-0.3, -0.25) is 4.79 Å². The van der Waals surface area contributed by atoms with Gasteiger partial charge in [0.15, 0.2) is 19.7 Å². The molecule has 9 heteroatoms. The highest BCUT2D eigenvalue weighted by Gasteiger charge is 2.38. The summed E-state index contributed by atoms with van der Waals surface area (Å²) in [7, 11) is -6.99. The number of hydrogen-bond acceptors (Lipinski definition) is 6. The number of rotatable bonds is 3. The molecule has 0 aromatic heterocycles. The highest BCUT2D eigenvalue weighted by atomic mass is 32.2. The first-order chi connectivity index (χ1) is 11.7. The lowest BCUT2D eigenvalue weighted by molar-refractivity contribution is -0.0124. The molecule has 0 radical (unpaired) electrons. The molecule has 7 nitrogen and oxygen atoms in total. The van der Waals surface area contributed by atoms with Crippen molar-refractivity contribution in [2.24, 2.45) is 0 Å². The van der Waals surface area contributed by atoms with Gasteiger partial charge < -0.3 is 9.64 Å². The van der Waals surface area contributed by atoms with E-state index >= 15 is 0 Å². The Labute approximate surface area is 147 Å². The van der Waals surface area contributed by atoms with Crippen molar-refractivity contribution in [2.45, 2.75) is 29.6 Å². The van der Waals surface area contributed by atoms with Crippen LogP contribution in [0.15, 0.2) is 29.2 Å².